The molecule has 0 radical (unpaired) electrons. The fraction of sp³-hybridized carbons (Fsp3) is 0.722. The van der Waals surface area contributed by atoms with Gasteiger partial charge in [0.15, 0.2) is 0 Å². The number of nitrogens with one attached hydrogen (secondary N) is 1. The van der Waals surface area contributed by atoms with E-state index in [1.54, 1.807) is 0 Å². The molecule has 122 valence electrons. The molecule has 1 aromatic heterocycles. The molecule has 4 heteroatoms. The molecule has 22 heavy (non-hydrogen) atoms. The van der Waals surface area contributed by atoms with Crippen LogP contribution in [0.4, 0.5) is 0 Å². The van der Waals surface area contributed by atoms with E-state index in [1.807, 2.05) is 4.57 Å². The maximum atomic E-state index is 12.9. The van der Waals surface area contributed by atoms with E-state index in [0.29, 0.717) is 12.6 Å². The molecule has 1 fully saturated rings. The van der Waals surface area contributed by atoms with E-state index >= 15 is 0 Å². The van der Waals surface area contributed by atoms with Crippen molar-refractivity contribution in [3.63, 3.8) is 0 Å². The SMILES string of the molecule is CCC(C)NCc1cc2c(n(CC3CCCO3)c1=O)CCC2. The summed E-state index contributed by atoms with van der Waals surface area (Å²) in [4.78, 5) is 12.9. The summed E-state index contributed by atoms with van der Waals surface area (Å²) in [6, 6.07) is 2.59. The number of rotatable bonds is 6. The number of aryl methyl sites for hydroxylation is 1. The van der Waals surface area contributed by atoms with E-state index in [9.17, 15) is 4.79 Å². The lowest BCUT2D eigenvalue weighted by atomic mass is 10.1. The molecule has 3 rings (SSSR count). The van der Waals surface area contributed by atoms with Gasteiger partial charge in [-0.25, -0.2) is 0 Å². The van der Waals surface area contributed by atoms with Crippen LogP contribution in [0, 0.1) is 0 Å². The molecular weight excluding hydrogens is 276 g/mol. The molecule has 2 aliphatic rings. The predicted molar refractivity (Wildman–Crippen MR) is 88.3 cm³/mol. The van der Waals surface area contributed by atoms with E-state index in [0.717, 1.165) is 50.8 Å². The molecule has 1 N–H and O–H groups in total. The molecule has 0 amide bonds. The molecule has 1 aliphatic carbocycles. The zero-order valence-corrected chi connectivity index (χ0v) is 13.9. The number of nitrogens with zero attached hydrogens (tertiary/aromatic N) is 1. The predicted octanol–water partition coefficient (Wildman–Crippen LogP) is 2.40. The molecular formula is C18H28N2O2. The minimum atomic E-state index is 0.187. The molecule has 2 heterocycles. The van der Waals surface area contributed by atoms with Crippen molar-refractivity contribution < 1.29 is 4.74 Å². The molecule has 0 spiro atoms. The van der Waals surface area contributed by atoms with Gasteiger partial charge in [0.25, 0.3) is 5.56 Å². The summed E-state index contributed by atoms with van der Waals surface area (Å²) in [5.41, 5.74) is 3.73. The number of hydrogen-bond acceptors (Lipinski definition) is 3. The maximum Gasteiger partial charge on any atom is 0.255 e. The second-order valence-corrected chi connectivity index (χ2v) is 6.74. The number of ether oxygens (including phenoxy) is 1. The minimum absolute atomic E-state index is 0.187. The van der Waals surface area contributed by atoms with Gasteiger partial charge in [0.2, 0.25) is 0 Å². The van der Waals surface area contributed by atoms with E-state index < -0.39 is 0 Å². The van der Waals surface area contributed by atoms with Gasteiger partial charge in [0.1, 0.15) is 0 Å². The largest absolute Gasteiger partial charge is 0.376 e. The van der Waals surface area contributed by atoms with E-state index in [1.165, 1.54) is 17.7 Å². The van der Waals surface area contributed by atoms with Crippen LogP contribution in [0.5, 0.6) is 0 Å². The monoisotopic (exact) mass is 304 g/mol. The molecule has 1 aromatic rings. The summed E-state index contributed by atoms with van der Waals surface area (Å²) in [5, 5.41) is 3.46. The van der Waals surface area contributed by atoms with Crippen LogP contribution in [0.3, 0.4) is 0 Å². The van der Waals surface area contributed by atoms with Crippen molar-refractivity contribution in [2.24, 2.45) is 0 Å². The molecule has 0 saturated carbocycles. The lowest BCUT2D eigenvalue weighted by Crippen LogP contribution is -2.34. The van der Waals surface area contributed by atoms with E-state index in [2.05, 4.69) is 25.2 Å². The lowest BCUT2D eigenvalue weighted by molar-refractivity contribution is 0.0954. The van der Waals surface area contributed by atoms with Crippen molar-refractivity contribution in [3.05, 3.63) is 33.2 Å². The Morgan fingerprint density at radius 1 is 1.41 bits per heavy atom. The highest BCUT2D eigenvalue weighted by atomic mass is 16.5. The van der Waals surface area contributed by atoms with Gasteiger partial charge in [-0.2, -0.15) is 0 Å². The first-order chi connectivity index (χ1) is 10.7. The Balaban J connectivity index is 1.86. The molecule has 2 unspecified atom stereocenters. The minimum Gasteiger partial charge on any atom is -0.376 e. The molecule has 0 bridgehead atoms. The van der Waals surface area contributed by atoms with Crippen LogP contribution < -0.4 is 10.9 Å². The standard InChI is InChI=1S/C18H28N2O2/c1-3-13(2)19-11-15-10-14-6-4-8-17(14)20(18(15)21)12-16-7-5-9-22-16/h10,13,16,19H,3-9,11-12H2,1-2H3. The molecule has 4 nitrogen and oxygen atoms in total. The summed E-state index contributed by atoms with van der Waals surface area (Å²) in [7, 11) is 0. The number of hydrogen-bond donors (Lipinski definition) is 1. The molecule has 0 aromatic carbocycles. The highest BCUT2D eigenvalue weighted by molar-refractivity contribution is 5.30. The molecule has 1 aliphatic heterocycles. The Hall–Kier alpha value is -1.13. The van der Waals surface area contributed by atoms with Gasteiger partial charge >= 0.3 is 0 Å². The van der Waals surface area contributed by atoms with Crippen molar-refractivity contribution in [1.82, 2.24) is 9.88 Å². The fourth-order valence-electron chi connectivity index (χ4n) is 3.52. The third-order valence-corrected chi connectivity index (χ3v) is 5.09. The summed E-state index contributed by atoms with van der Waals surface area (Å²) in [5.74, 6) is 0. The Morgan fingerprint density at radius 3 is 3.00 bits per heavy atom. The van der Waals surface area contributed by atoms with E-state index in [-0.39, 0.29) is 11.7 Å². The topological polar surface area (TPSA) is 43.3 Å². The first-order valence-electron chi connectivity index (χ1n) is 8.78. The van der Waals surface area contributed by atoms with E-state index in [4.69, 9.17) is 4.74 Å². The van der Waals surface area contributed by atoms with Crippen LogP contribution in [0.2, 0.25) is 0 Å². The van der Waals surface area contributed by atoms with Crippen molar-refractivity contribution >= 4 is 0 Å². The summed E-state index contributed by atoms with van der Waals surface area (Å²) in [6.07, 6.45) is 6.82. The van der Waals surface area contributed by atoms with Crippen LogP contribution in [-0.4, -0.2) is 23.3 Å². The zero-order chi connectivity index (χ0) is 15.5. The smallest absolute Gasteiger partial charge is 0.255 e. The quantitative estimate of drug-likeness (QED) is 0.877. The van der Waals surface area contributed by atoms with Crippen molar-refractivity contribution in [2.45, 2.75) is 77.6 Å². The fourth-order valence-corrected chi connectivity index (χ4v) is 3.52. The Bertz CT molecular complexity index is 573. The first kappa shape index (κ1) is 15.8. The van der Waals surface area contributed by atoms with Gasteiger partial charge in [-0.15, -0.1) is 0 Å². The third-order valence-electron chi connectivity index (χ3n) is 5.09. The number of fused-ring (bicyclic) bond motifs is 1. The molecule has 2 atom stereocenters. The third kappa shape index (κ3) is 3.28. The normalized spacial score (nSPS) is 22.0. The average molecular weight is 304 g/mol. The van der Waals surface area contributed by atoms with Gasteiger partial charge in [-0.05, 0) is 57.1 Å². The lowest BCUT2D eigenvalue weighted by Gasteiger charge is -2.19. The van der Waals surface area contributed by atoms with Crippen LogP contribution in [-0.2, 0) is 30.7 Å². The number of aromatic nitrogens is 1. The van der Waals surface area contributed by atoms with Gasteiger partial charge in [0, 0.05) is 30.5 Å². The van der Waals surface area contributed by atoms with Crippen LogP contribution in [0.25, 0.3) is 0 Å². The Morgan fingerprint density at radius 2 is 2.27 bits per heavy atom. The van der Waals surface area contributed by atoms with Gasteiger partial charge in [0.05, 0.1) is 12.6 Å². The van der Waals surface area contributed by atoms with Crippen LogP contribution in [0.1, 0.15) is 56.4 Å². The second kappa shape index (κ2) is 6.97. The summed E-state index contributed by atoms with van der Waals surface area (Å²) < 4.78 is 7.77. The van der Waals surface area contributed by atoms with Crippen LogP contribution in [0.15, 0.2) is 10.9 Å². The van der Waals surface area contributed by atoms with Crippen molar-refractivity contribution in [2.75, 3.05) is 6.61 Å². The maximum absolute atomic E-state index is 12.9. The second-order valence-electron chi connectivity index (χ2n) is 6.74. The Labute approximate surface area is 132 Å². The van der Waals surface area contributed by atoms with Gasteiger partial charge in [-0.1, -0.05) is 6.92 Å². The highest BCUT2D eigenvalue weighted by Gasteiger charge is 2.23. The highest BCUT2D eigenvalue weighted by Crippen LogP contribution is 2.23. The van der Waals surface area contributed by atoms with Gasteiger partial charge < -0.3 is 14.6 Å². The summed E-state index contributed by atoms with van der Waals surface area (Å²) in [6.45, 7) is 6.58. The average Bonchev–Trinajstić information content (AvgIpc) is 3.19. The van der Waals surface area contributed by atoms with Crippen molar-refractivity contribution in [3.8, 4) is 0 Å². The zero-order valence-electron chi connectivity index (χ0n) is 13.9. The van der Waals surface area contributed by atoms with Crippen LogP contribution >= 0.6 is 0 Å². The Kier molecular flexibility index (Phi) is 4.99. The van der Waals surface area contributed by atoms with Crippen molar-refractivity contribution in [1.29, 1.82) is 0 Å². The first-order valence-corrected chi connectivity index (χ1v) is 8.78. The molecule has 1 saturated heterocycles. The summed E-state index contributed by atoms with van der Waals surface area (Å²) >= 11 is 0. The van der Waals surface area contributed by atoms with Gasteiger partial charge in [-0.3, -0.25) is 4.79 Å². The number of pyridine rings is 1.